The lowest BCUT2D eigenvalue weighted by Crippen LogP contribution is -2.23. The number of hydrogen-bond acceptors (Lipinski definition) is 4. The number of benzene rings is 1. The van der Waals surface area contributed by atoms with Crippen molar-refractivity contribution in [1.82, 2.24) is 9.97 Å². The Kier molecular flexibility index (Phi) is 3.05. The van der Waals surface area contributed by atoms with Crippen LogP contribution in [0.1, 0.15) is 29.3 Å². The van der Waals surface area contributed by atoms with E-state index < -0.39 is 0 Å². The number of aromatic nitrogens is 2. The third-order valence-electron chi connectivity index (χ3n) is 3.40. The number of fused-ring (bicyclic) bond motifs is 1. The molecule has 3 N–H and O–H groups in total. The lowest BCUT2D eigenvalue weighted by atomic mass is 9.92. The summed E-state index contributed by atoms with van der Waals surface area (Å²) in [6.07, 6.45) is 2.37. The van der Waals surface area contributed by atoms with Gasteiger partial charge in [0.2, 0.25) is 0 Å². The number of para-hydroxylation sites is 1. The number of nitrogens with two attached hydrogens (primary N) is 1. The minimum Gasteiger partial charge on any atom is -0.493 e. The molecule has 5 heteroatoms. The summed E-state index contributed by atoms with van der Waals surface area (Å²) in [5, 5.41) is 0. The number of H-pyrrole nitrogens is 1. The van der Waals surface area contributed by atoms with Crippen LogP contribution in [0.15, 0.2) is 35.3 Å². The molecule has 0 saturated carbocycles. The summed E-state index contributed by atoms with van der Waals surface area (Å²) < 4.78 is 5.61. The van der Waals surface area contributed by atoms with Gasteiger partial charge in [-0.2, -0.15) is 0 Å². The molecule has 2 aromatic rings. The molecule has 0 amide bonds. The highest BCUT2D eigenvalue weighted by Gasteiger charge is 2.24. The molecular formula is C14H15N3O2. The van der Waals surface area contributed by atoms with Crippen LogP contribution < -0.4 is 16.0 Å². The van der Waals surface area contributed by atoms with Gasteiger partial charge in [-0.05, 0) is 12.5 Å². The van der Waals surface area contributed by atoms with Crippen molar-refractivity contribution in [1.29, 1.82) is 0 Å². The fourth-order valence-corrected chi connectivity index (χ4v) is 2.38. The van der Waals surface area contributed by atoms with Crippen LogP contribution in [0.25, 0.3) is 0 Å². The summed E-state index contributed by atoms with van der Waals surface area (Å²) in [5.74, 6) is 1.62. The Balaban J connectivity index is 2.04. The highest BCUT2D eigenvalue weighted by Crippen LogP contribution is 2.35. The van der Waals surface area contributed by atoms with Crippen molar-refractivity contribution in [2.75, 3.05) is 6.61 Å². The van der Waals surface area contributed by atoms with Crippen molar-refractivity contribution >= 4 is 0 Å². The SMILES string of the molecule is NCc1cnc(C2CCOc3ccccc32)[nH]c1=O. The first kappa shape index (κ1) is 11.9. The molecule has 1 aromatic carbocycles. The molecule has 1 aliphatic rings. The van der Waals surface area contributed by atoms with E-state index in [1.807, 2.05) is 24.3 Å². The normalized spacial score (nSPS) is 17.6. The van der Waals surface area contributed by atoms with Crippen LogP contribution >= 0.6 is 0 Å². The van der Waals surface area contributed by atoms with E-state index in [1.165, 1.54) is 0 Å². The van der Waals surface area contributed by atoms with Gasteiger partial charge in [-0.15, -0.1) is 0 Å². The summed E-state index contributed by atoms with van der Waals surface area (Å²) >= 11 is 0. The highest BCUT2D eigenvalue weighted by molar-refractivity contribution is 5.40. The zero-order valence-corrected chi connectivity index (χ0v) is 10.4. The molecule has 0 saturated heterocycles. The van der Waals surface area contributed by atoms with E-state index in [4.69, 9.17) is 10.5 Å². The second-order valence-electron chi connectivity index (χ2n) is 4.55. The number of hydrogen-bond donors (Lipinski definition) is 2. The maximum absolute atomic E-state index is 11.8. The molecule has 1 aromatic heterocycles. The maximum atomic E-state index is 11.8. The van der Waals surface area contributed by atoms with Crippen LogP contribution in [0.3, 0.4) is 0 Å². The van der Waals surface area contributed by atoms with E-state index in [0.29, 0.717) is 18.0 Å². The topological polar surface area (TPSA) is 81.0 Å². The molecule has 5 nitrogen and oxygen atoms in total. The second kappa shape index (κ2) is 4.85. The average Bonchev–Trinajstić information content (AvgIpc) is 2.46. The van der Waals surface area contributed by atoms with E-state index in [9.17, 15) is 4.79 Å². The van der Waals surface area contributed by atoms with Gasteiger partial charge in [0, 0.05) is 29.8 Å². The van der Waals surface area contributed by atoms with Crippen LogP contribution in [0.5, 0.6) is 5.75 Å². The largest absolute Gasteiger partial charge is 0.493 e. The Bertz CT molecular complexity index is 651. The monoisotopic (exact) mass is 257 g/mol. The first-order chi connectivity index (χ1) is 9.29. The van der Waals surface area contributed by atoms with Gasteiger partial charge in [0.15, 0.2) is 0 Å². The molecule has 0 bridgehead atoms. The molecule has 1 atom stereocenters. The molecule has 3 rings (SSSR count). The van der Waals surface area contributed by atoms with E-state index in [1.54, 1.807) is 6.20 Å². The summed E-state index contributed by atoms with van der Waals surface area (Å²) in [7, 11) is 0. The molecule has 1 aliphatic heterocycles. The van der Waals surface area contributed by atoms with Crippen molar-refractivity contribution in [3.05, 3.63) is 57.8 Å². The number of nitrogens with zero attached hydrogens (tertiary/aromatic N) is 1. The van der Waals surface area contributed by atoms with Gasteiger partial charge in [0.05, 0.1) is 6.61 Å². The summed E-state index contributed by atoms with van der Waals surface area (Å²) in [6, 6.07) is 7.85. The van der Waals surface area contributed by atoms with Gasteiger partial charge in [0.1, 0.15) is 11.6 Å². The maximum Gasteiger partial charge on any atom is 0.255 e. The molecular weight excluding hydrogens is 242 g/mol. The molecule has 0 spiro atoms. The zero-order chi connectivity index (χ0) is 13.2. The predicted molar refractivity (Wildman–Crippen MR) is 71.1 cm³/mol. The zero-order valence-electron chi connectivity index (χ0n) is 10.4. The number of rotatable bonds is 2. The van der Waals surface area contributed by atoms with Gasteiger partial charge in [-0.25, -0.2) is 4.98 Å². The van der Waals surface area contributed by atoms with Gasteiger partial charge < -0.3 is 15.5 Å². The number of nitrogens with one attached hydrogen (secondary N) is 1. The van der Waals surface area contributed by atoms with Crippen molar-refractivity contribution < 1.29 is 4.74 Å². The van der Waals surface area contributed by atoms with Gasteiger partial charge >= 0.3 is 0 Å². The van der Waals surface area contributed by atoms with Crippen molar-refractivity contribution in [2.45, 2.75) is 18.9 Å². The molecule has 0 aliphatic carbocycles. The lowest BCUT2D eigenvalue weighted by molar-refractivity contribution is 0.274. The lowest BCUT2D eigenvalue weighted by Gasteiger charge is -2.25. The van der Waals surface area contributed by atoms with Crippen molar-refractivity contribution in [2.24, 2.45) is 5.73 Å². The van der Waals surface area contributed by atoms with Gasteiger partial charge in [-0.1, -0.05) is 18.2 Å². The van der Waals surface area contributed by atoms with E-state index >= 15 is 0 Å². The molecule has 98 valence electrons. The summed E-state index contributed by atoms with van der Waals surface area (Å²) in [4.78, 5) is 19.0. The Morgan fingerprint density at radius 3 is 3.05 bits per heavy atom. The van der Waals surface area contributed by atoms with Gasteiger partial charge in [0.25, 0.3) is 5.56 Å². The van der Waals surface area contributed by atoms with Crippen LogP contribution in [0, 0.1) is 0 Å². The molecule has 0 fully saturated rings. The Hall–Kier alpha value is -2.14. The Morgan fingerprint density at radius 2 is 2.26 bits per heavy atom. The third-order valence-corrected chi connectivity index (χ3v) is 3.40. The average molecular weight is 257 g/mol. The summed E-state index contributed by atoms with van der Waals surface area (Å²) in [6.45, 7) is 0.830. The number of aromatic amines is 1. The Labute approximate surface area is 110 Å². The third kappa shape index (κ3) is 2.13. The van der Waals surface area contributed by atoms with E-state index in [0.717, 1.165) is 17.7 Å². The smallest absolute Gasteiger partial charge is 0.255 e. The highest BCUT2D eigenvalue weighted by atomic mass is 16.5. The summed E-state index contributed by atoms with van der Waals surface area (Å²) in [5.41, 5.74) is 6.89. The van der Waals surface area contributed by atoms with E-state index in [2.05, 4.69) is 9.97 Å². The predicted octanol–water partition coefficient (Wildman–Crippen LogP) is 1.14. The molecule has 19 heavy (non-hydrogen) atoms. The second-order valence-corrected chi connectivity index (χ2v) is 4.55. The quantitative estimate of drug-likeness (QED) is 0.845. The minimum atomic E-state index is -0.156. The van der Waals surface area contributed by atoms with Crippen molar-refractivity contribution in [3.63, 3.8) is 0 Å². The van der Waals surface area contributed by atoms with Gasteiger partial charge in [-0.3, -0.25) is 4.79 Å². The van der Waals surface area contributed by atoms with Crippen LogP contribution in [0.4, 0.5) is 0 Å². The first-order valence-corrected chi connectivity index (χ1v) is 6.29. The first-order valence-electron chi connectivity index (χ1n) is 6.29. The van der Waals surface area contributed by atoms with E-state index in [-0.39, 0.29) is 18.0 Å². The molecule has 2 heterocycles. The van der Waals surface area contributed by atoms with Crippen LogP contribution in [-0.2, 0) is 6.54 Å². The molecule has 0 radical (unpaired) electrons. The van der Waals surface area contributed by atoms with Crippen LogP contribution in [-0.4, -0.2) is 16.6 Å². The Morgan fingerprint density at radius 1 is 1.42 bits per heavy atom. The van der Waals surface area contributed by atoms with Crippen LogP contribution in [0.2, 0.25) is 0 Å². The fraction of sp³-hybridized carbons (Fsp3) is 0.286. The molecule has 1 unspecified atom stereocenters. The fourth-order valence-electron chi connectivity index (χ4n) is 2.38. The number of ether oxygens (including phenoxy) is 1. The standard InChI is InChI=1S/C14H15N3O2/c15-7-9-8-16-13(17-14(9)18)11-5-6-19-12-4-2-1-3-10(11)12/h1-4,8,11H,5-7,15H2,(H,16,17,18). The van der Waals surface area contributed by atoms with Crippen molar-refractivity contribution in [3.8, 4) is 5.75 Å². The minimum absolute atomic E-state index is 0.0736.